The van der Waals surface area contributed by atoms with Gasteiger partial charge in [-0.1, -0.05) is 24.3 Å². The molecule has 0 radical (unpaired) electrons. The van der Waals surface area contributed by atoms with E-state index >= 15 is 0 Å². The van der Waals surface area contributed by atoms with E-state index < -0.39 is 11.5 Å². The first-order valence-electron chi connectivity index (χ1n) is 6.52. The molecule has 0 amide bonds. The Morgan fingerprint density at radius 1 is 1.42 bits per heavy atom. The Kier molecular flexibility index (Phi) is 4.48. The van der Waals surface area contributed by atoms with E-state index in [9.17, 15) is 9.90 Å². The van der Waals surface area contributed by atoms with Gasteiger partial charge in [-0.05, 0) is 36.8 Å². The Morgan fingerprint density at radius 3 is 2.53 bits per heavy atom. The molecule has 0 aromatic heterocycles. The number of aliphatic hydroxyl groups excluding tert-OH is 1. The van der Waals surface area contributed by atoms with Gasteiger partial charge < -0.3 is 9.84 Å². The summed E-state index contributed by atoms with van der Waals surface area (Å²) in [6.45, 7) is 0. The molecule has 4 heteroatoms. The molecule has 1 fully saturated rings. The average Bonchev–Trinajstić information content (AvgIpc) is 2.81. The molecular formula is C15H19ClO3. The molecule has 2 atom stereocenters. The van der Waals surface area contributed by atoms with Crippen molar-refractivity contribution in [3.8, 4) is 0 Å². The van der Waals surface area contributed by atoms with Crippen molar-refractivity contribution >= 4 is 17.6 Å². The minimum absolute atomic E-state index is 0.307. The van der Waals surface area contributed by atoms with Crippen molar-refractivity contribution in [1.82, 2.24) is 0 Å². The summed E-state index contributed by atoms with van der Waals surface area (Å²) in [7, 11) is 1.38. The maximum atomic E-state index is 12.1. The summed E-state index contributed by atoms with van der Waals surface area (Å²) in [5.74, 6) is 0.171. The van der Waals surface area contributed by atoms with Gasteiger partial charge in [-0.3, -0.25) is 4.79 Å². The van der Waals surface area contributed by atoms with Crippen molar-refractivity contribution in [1.29, 1.82) is 0 Å². The van der Waals surface area contributed by atoms with E-state index in [4.69, 9.17) is 16.3 Å². The Bertz CT molecular complexity index is 443. The van der Waals surface area contributed by atoms with E-state index in [0.29, 0.717) is 25.1 Å². The van der Waals surface area contributed by atoms with Gasteiger partial charge in [0, 0.05) is 5.88 Å². The van der Waals surface area contributed by atoms with Crippen molar-refractivity contribution in [3.05, 3.63) is 35.4 Å². The van der Waals surface area contributed by atoms with E-state index in [0.717, 1.165) is 17.5 Å². The molecule has 0 spiro atoms. The summed E-state index contributed by atoms with van der Waals surface area (Å²) in [4.78, 5) is 12.1. The zero-order chi connectivity index (χ0) is 13.9. The second-order valence-electron chi connectivity index (χ2n) is 5.18. The van der Waals surface area contributed by atoms with Crippen molar-refractivity contribution in [2.24, 2.45) is 5.41 Å². The molecule has 3 nitrogen and oxygen atoms in total. The number of benzene rings is 1. The van der Waals surface area contributed by atoms with Gasteiger partial charge in [0.15, 0.2) is 0 Å². The fourth-order valence-corrected chi connectivity index (χ4v) is 3.06. The van der Waals surface area contributed by atoms with Gasteiger partial charge in [-0.2, -0.15) is 0 Å². The van der Waals surface area contributed by atoms with Crippen LogP contribution in [0.4, 0.5) is 0 Å². The van der Waals surface area contributed by atoms with Crippen LogP contribution in [0.5, 0.6) is 0 Å². The summed E-state index contributed by atoms with van der Waals surface area (Å²) in [5, 5.41) is 10.2. The average molecular weight is 283 g/mol. The molecular weight excluding hydrogens is 264 g/mol. The first-order valence-corrected chi connectivity index (χ1v) is 7.06. The summed E-state index contributed by atoms with van der Waals surface area (Å²) >= 11 is 5.76. The van der Waals surface area contributed by atoms with E-state index in [1.54, 1.807) is 0 Å². The molecule has 0 saturated heterocycles. The summed E-state index contributed by atoms with van der Waals surface area (Å²) < 4.78 is 4.90. The van der Waals surface area contributed by atoms with Crippen LogP contribution >= 0.6 is 11.6 Å². The van der Waals surface area contributed by atoms with Crippen LogP contribution in [0, 0.1) is 5.41 Å². The van der Waals surface area contributed by atoms with Crippen LogP contribution in [0.25, 0.3) is 0 Å². The number of halogens is 1. The lowest BCUT2D eigenvalue weighted by Crippen LogP contribution is -2.41. The van der Waals surface area contributed by atoms with Crippen LogP contribution in [0.1, 0.15) is 30.4 Å². The first kappa shape index (κ1) is 14.4. The Labute approximate surface area is 118 Å². The lowest BCUT2D eigenvalue weighted by molar-refractivity contribution is -0.158. The highest BCUT2D eigenvalue weighted by atomic mass is 35.5. The minimum atomic E-state index is -0.781. The highest BCUT2D eigenvalue weighted by Gasteiger charge is 2.49. The lowest BCUT2D eigenvalue weighted by atomic mass is 9.78. The molecule has 0 bridgehead atoms. The van der Waals surface area contributed by atoms with Crippen LogP contribution in [0.3, 0.4) is 0 Å². The normalized spacial score (nSPS) is 26.4. The Morgan fingerprint density at radius 2 is 2.05 bits per heavy atom. The van der Waals surface area contributed by atoms with Gasteiger partial charge in [0.25, 0.3) is 0 Å². The van der Waals surface area contributed by atoms with Crippen molar-refractivity contribution < 1.29 is 14.6 Å². The number of hydrogen-bond donors (Lipinski definition) is 1. The smallest absolute Gasteiger partial charge is 0.314 e. The van der Waals surface area contributed by atoms with Crippen LogP contribution in [-0.2, 0) is 21.8 Å². The molecule has 1 aliphatic carbocycles. The van der Waals surface area contributed by atoms with Gasteiger partial charge in [0.2, 0.25) is 0 Å². The highest BCUT2D eigenvalue weighted by Crippen LogP contribution is 2.42. The van der Waals surface area contributed by atoms with Gasteiger partial charge >= 0.3 is 5.97 Å². The number of hydrogen-bond acceptors (Lipinski definition) is 3. The van der Waals surface area contributed by atoms with E-state index in [-0.39, 0.29) is 5.97 Å². The third kappa shape index (κ3) is 2.77. The number of alkyl halides is 1. The van der Waals surface area contributed by atoms with Crippen molar-refractivity contribution in [2.45, 2.75) is 37.7 Å². The fraction of sp³-hybridized carbons (Fsp3) is 0.533. The third-order valence-electron chi connectivity index (χ3n) is 4.03. The zero-order valence-electron chi connectivity index (χ0n) is 11.1. The summed E-state index contributed by atoms with van der Waals surface area (Å²) in [5.41, 5.74) is 1.29. The predicted octanol–water partition coefficient (Wildman–Crippen LogP) is 2.67. The highest BCUT2D eigenvalue weighted by molar-refractivity contribution is 6.17. The van der Waals surface area contributed by atoms with Crippen molar-refractivity contribution in [2.75, 3.05) is 7.11 Å². The molecule has 1 saturated carbocycles. The lowest BCUT2D eigenvalue weighted by Gasteiger charge is -2.29. The van der Waals surface area contributed by atoms with Crippen molar-refractivity contribution in [3.63, 3.8) is 0 Å². The molecule has 1 aromatic rings. The number of rotatable bonds is 4. The largest absolute Gasteiger partial charge is 0.469 e. The molecule has 2 unspecified atom stereocenters. The second-order valence-corrected chi connectivity index (χ2v) is 5.45. The fourth-order valence-electron chi connectivity index (χ4n) is 2.88. The molecule has 1 aliphatic rings. The van der Waals surface area contributed by atoms with Crippen LogP contribution in [0.15, 0.2) is 24.3 Å². The van der Waals surface area contributed by atoms with E-state index in [2.05, 4.69) is 0 Å². The number of carbonyl (C=O) groups excluding carboxylic acids is 1. The van der Waals surface area contributed by atoms with Gasteiger partial charge in [-0.25, -0.2) is 0 Å². The van der Waals surface area contributed by atoms with Crippen LogP contribution in [-0.4, -0.2) is 24.3 Å². The molecule has 104 valence electrons. The Balaban J connectivity index is 2.22. The molecule has 0 aliphatic heterocycles. The molecule has 19 heavy (non-hydrogen) atoms. The summed E-state index contributed by atoms with van der Waals surface area (Å²) in [6, 6.07) is 7.84. The van der Waals surface area contributed by atoms with Gasteiger partial charge in [0.05, 0.1) is 18.6 Å². The molecule has 1 aromatic carbocycles. The van der Waals surface area contributed by atoms with Crippen LogP contribution in [0.2, 0.25) is 0 Å². The molecule has 0 heterocycles. The standard InChI is InChI=1S/C15H19ClO3/c1-19-14(18)15(8-2-3-13(15)17)9-11-4-6-12(10-16)7-5-11/h4-7,13,17H,2-3,8-10H2,1H3. The van der Waals surface area contributed by atoms with Gasteiger partial charge in [-0.15, -0.1) is 11.6 Å². The maximum absolute atomic E-state index is 12.1. The minimum Gasteiger partial charge on any atom is -0.469 e. The first-order chi connectivity index (χ1) is 9.12. The third-order valence-corrected chi connectivity index (χ3v) is 4.34. The SMILES string of the molecule is COC(=O)C1(Cc2ccc(CCl)cc2)CCCC1O. The topological polar surface area (TPSA) is 46.5 Å². The number of carbonyl (C=O) groups is 1. The number of esters is 1. The quantitative estimate of drug-likeness (QED) is 0.682. The molecule has 2 rings (SSSR count). The van der Waals surface area contributed by atoms with Crippen LogP contribution < -0.4 is 0 Å². The Hall–Kier alpha value is -1.06. The zero-order valence-corrected chi connectivity index (χ0v) is 11.8. The maximum Gasteiger partial charge on any atom is 0.314 e. The number of aliphatic hydroxyl groups is 1. The number of ether oxygens (including phenoxy) is 1. The number of methoxy groups -OCH3 is 1. The van der Waals surface area contributed by atoms with Gasteiger partial charge in [0.1, 0.15) is 0 Å². The summed E-state index contributed by atoms with van der Waals surface area (Å²) in [6.07, 6.45) is 2.10. The second kappa shape index (κ2) is 5.93. The molecule has 1 N–H and O–H groups in total. The predicted molar refractivity (Wildman–Crippen MR) is 74.0 cm³/mol. The van der Waals surface area contributed by atoms with E-state index in [1.165, 1.54) is 7.11 Å². The monoisotopic (exact) mass is 282 g/mol. The van der Waals surface area contributed by atoms with E-state index in [1.807, 2.05) is 24.3 Å².